The van der Waals surface area contributed by atoms with Crippen LogP contribution in [0.5, 0.6) is 0 Å². The fraction of sp³-hybridized carbons (Fsp3) is 0.579. The number of nitrogens with one attached hydrogen (secondary N) is 1. The fourth-order valence-corrected chi connectivity index (χ4v) is 3.16. The first-order valence-electron chi connectivity index (χ1n) is 8.47. The first-order valence-corrected chi connectivity index (χ1v) is 8.47. The van der Waals surface area contributed by atoms with Crippen molar-refractivity contribution in [1.82, 2.24) is 4.90 Å². The molecule has 1 aliphatic rings. The highest BCUT2D eigenvalue weighted by molar-refractivity contribution is 5.98. The van der Waals surface area contributed by atoms with Crippen LogP contribution in [0.4, 0.5) is 10.5 Å². The van der Waals surface area contributed by atoms with Crippen molar-refractivity contribution in [2.45, 2.75) is 66.0 Å². The quantitative estimate of drug-likeness (QED) is 0.892. The zero-order chi connectivity index (χ0) is 18.1. The number of nitrogens with zero attached hydrogens (tertiary/aromatic N) is 1. The van der Waals surface area contributed by atoms with Gasteiger partial charge in [0.25, 0.3) is 0 Å². The number of aryl methyl sites for hydroxylation is 3. The summed E-state index contributed by atoms with van der Waals surface area (Å²) in [5, 5.41) is 3.01. The van der Waals surface area contributed by atoms with Crippen molar-refractivity contribution in [2.24, 2.45) is 0 Å². The van der Waals surface area contributed by atoms with E-state index < -0.39 is 17.7 Å². The van der Waals surface area contributed by atoms with Crippen LogP contribution in [0.1, 0.15) is 50.3 Å². The van der Waals surface area contributed by atoms with Crippen LogP contribution in [0, 0.1) is 20.8 Å². The van der Waals surface area contributed by atoms with E-state index in [1.165, 1.54) is 5.56 Å². The summed E-state index contributed by atoms with van der Waals surface area (Å²) < 4.78 is 5.42. The molecule has 132 valence electrons. The normalized spacial score (nSPS) is 17.8. The van der Waals surface area contributed by atoms with Crippen LogP contribution in [0.25, 0.3) is 0 Å². The topological polar surface area (TPSA) is 58.6 Å². The van der Waals surface area contributed by atoms with E-state index >= 15 is 0 Å². The fourth-order valence-electron chi connectivity index (χ4n) is 3.16. The number of likely N-dealkylation sites (tertiary alicyclic amines) is 1. The highest BCUT2D eigenvalue weighted by Crippen LogP contribution is 2.25. The van der Waals surface area contributed by atoms with Crippen molar-refractivity contribution in [2.75, 3.05) is 11.9 Å². The maximum atomic E-state index is 12.7. The Morgan fingerprint density at radius 3 is 2.29 bits per heavy atom. The lowest BCUT2D eigenvalue weighted by Gasteiger charge is -2.28. The molecule has 1 aromatic rings. The average molecular weight is 332 g/mol. The highest BCUT2D eigenvalue weighted by Gasteiger charge is 2.36. The van der Waals surface area contributed by atoms with Gasteiger partial charge in [0, 0.05) is 12.2 Å². The van der Waals surface area contributed by atoms with E-state index in [1.807, 2.05) is 53.7 Å². The maximum absolute atomic E-state index is 12.7. The molecule has 0 aliphatic carbocycles. The van der Waals surface area contributed by atoms with Crippen LogP contribution < -0.4 is 5.32 Å². The molecule has 0 saturated carbocycles. The number of benzene rings is 1. The van der Waals surface area contributed by atoms with Crippen molar-refractivity contribution in [3.63, 3.8) is 0 Å². The molecule has 1 aliphatic heterocycles. The lowest BCUT2D eigenvalue weighted by molar-refractivity contribution is -0.120. The van der Waals surface area contributed by atoms with E-state index in [0.717, 1.165) is 23.2 Å². The Labute approximate surface area is 144 Å². The molecule has 0 spiro atoms. The zero-order valence-electron chi connectivity index (χ0n) is 15.5. The van der Waals surface area contributed by atoms with Gasteiger partial charge in [0.05, 0.1) is 0 Å². The first-order chi connectivity index (χ1) is 11.1. The van der Waals surface area contributed by atoms with E-state index in [1.54, 1.807) is 4.90 Å². The molecule has 0 aromatic heterocycles. The largest absolute Gasteiger partial charge is 0.444 e. The molecule has 5 nitrogen and oxygen atoms in total. The molecule has 0 bridgehead atoms. The third kappa shape index (κ3) is 4.28. The van der Waals surface area contributed by atoms with Crippen molar-refractivity contribution >= 4 is 17.7 Å². The van der Waals surface area contributed by atoms with Crippen molar-refractivity contribution in [3.8, 4) is 0 Å². The predicted octanol–water partition coefficient (Wildman–Crippen LogP) is 3.95. The van der Waals surface area contributed by atoms with Crippen LogP contribution >= 0.6 is 0 Å². The molecule has 1 heterocycles. The summed E-state index contributed by atoms with van der Waals surface area (Å²) in [6.45, 7) is 12.0. The predicted molar refractivity (Wildman–Crippen MR) is 95.2 cm³/mol. The summed E-state index contributed by atoms with van der Waals surface area (Å²) in [5.41, 5.74) is 3.50. The van der Waals surface area contributed by atoms with Crippen LogP contribution in [0.3, 0.4) is 0 Å². The Balaban J connectivity index is 2.13. The summed E-state index contributed by atoms with van der Waals surface area (Å²) in [5.74, 6) is -0.145. The number of carbonyl (C=O) groups excluding carboxylic acids is 2. The summed E-state index contributed by atoms with van der Waals surface area (Å²) in [4.78, 5) is 26.6. The standard InChI is InChI=1S/C19H28N2O3/c1-12-10-13(2)16(14(3)11-12)20-17(22)15-8-7-9-21(15)18(23)24-19(4,5)6/h10-11,15H,7-9H2,1-6H3,(H,20,22). The Hall–Kier alpha value is -2.04. The lowest BCUT2D eigenvalue weighted by atomic mass is 10.0. The number of rotatable bonds is 2. The number of carbonyl (C=O) groups is 2. The van der Waals surface area contributed by atoms with Crippen LogP contribution in [-0.4, -0.2) is 35.1 Å². The third-order valence-electron chi connectivity index (χ3n) is 4.11. The van der Waals surface area contributed by atoms with Gasteiger partial charge in [0.1, 0.15) is 11.6 Å². The molecule has 2 amide bonds. The Bertz CT molecular complexity index is 623. The van der Waals surface area contributed by atoms with Gasteiger partial charge < -0.3 is 10.1 Å². The number of anilines is 1. The number of ether oxygens (including phenoxy) is 1. The van der Waals surface area contributed by atoms with Gasteiger partial charge >= 0.3 is 6.09 Å². The van der Waals surface area contributed by atoms with Crippen molar-refractivity contribution in [3.05, 3.63) is 28.8 Å². The minimum atomic E-state index is -0.565. The SMILES string of the molecule is Cc1cc(C)c(NC(=O)C2CCCN2C(=O)OC(C)(C)C)c(C)c1. The molecule has 1 atom stereocenters. The van der Waals surface area contributed by atoms with Gasteiger partial charge in [-0.05, 0) is 65.5 Å². The van der Waals surface area contributed by atoms with E-state index in [9.17, 15) is 9.59 Å². The number of amides is 2. The summed E-state index contributed by atoms with van der Waals surface area (Å²) in [6, 6.07) is 3.62. The third-order valence-corrected chi connectivity index (χ3v) is 4.11. The molecule has 0 radical (unpaired) electrons. The van der Waals surface area contributed by atoms with Gasteiger partial charge in [0.2, 0.25) is 5.91 Å². The second-order valence-corrected chi connectivity index (χ2v) is 7.59. The summed E-state index contributed by atoms with van der Waals surface area (Å²) >= 11 is 0. The molecule has 1 N–H and O–H groups in total. The molecule has 1 saturated heterocycles. The van der Waals surface area contributed by atoms with Gasteiger partial charge in [0.15, 0.2) is 0 Å². The second kappa shape index (κ2) is 6.83. The minimum absolute atomic E-state index is 0.145. The minimum Gasteiger partial charge on any atom is -0.444 e. The zero-order valence-corrected chi connectivity index (χ0v) is 15.5. The van der Waals surface area contributed by atoms with Gasteiger partial charge in [-0.3, -0.25) is 9.69 Å². The molecular formula is C19H28N2O3. The monoisotopic (exact) mass is 332 g/mol. The summed E-state index contributed by atoms with van der Waals surface area (Å²) in [6.07, 6.45) is 1.05. The van der Waals surface area contributed by atoms with Crippen molar-refractivity contribution in [1.29, 1.82) is 0 Å². The Morgan fingerprint density at radius 2 is 1.75 bits per heavy atom. The molecular weight excluding hydrogens is 304 g/mol. The number of hydrogen-bond donors (Lipinski definition) is 1. The van der Waals surface area contributed by atoms with Crippen LogP contribution in [0.15, 0.2) is 12.1 Å². The van der Waals surface area contributed by atoms with Gasteiger partial charge in [-0.15, -0.1) is 0 Å². The van der Waals surface area contributed by atoms with Gasteiger partial charge in [-0.1, -0.05) is 17.7 Å². The van der Waals surface area contributed by atoms with E-state index in [-0.39, 0.29) is 5.91 Å². The van der Waals surface area contributed by atoms with Crippen LogP contribution in [0.2, 0.25) is 0 Å². The van der Waals surface area contributed by atoms with E-state index in [2.05, 4.69) is 5.32 Å². The molecule has 1 unspecified atom stereocenters. The summed E-state index contributed by atoms with van der Waals surface area (Å²) in [7, 11) is 0. The molecule has 24 heavy (non-hydrogen) atoms. The molecule has 1 fully saturated rings. The number of hydrogen-bond acceptors (Lipinski definition) is 3. The molecule has 5 heteroatoms. The molecule has 1 aromatic carbocycles. The smallest absolute Gasteiger partial charge is 0.410 e. The Kier molecular flexibility index (Phi) is 5.21. The van der Waals surface area contributed by atoms with Gasteiger partial charge in [-0.2, -0.15) is 0 Å². The maximum Gasteiger partial charge on any atom is 0.410 e. The van der Waals surface area contributed by atoms with Gasteiger partial charge in [-0.25, -0.2) is 4.79 Å². The second-order valence-electron chi connectivity index (χ2n) is 7.59. The average Bonchev–Trinajstić information content (AvgIpc) is 2.90. The highest BCUT2D eigenvalue weighted by atomic mass is 16.6. The lowest BCUT2D eigenvalue weighted by Crippen LogP contribution is -2.45. The molecule has 2 rings (SSSR count). The first kappa shape index (κ1) is 18.3. The van der Waals surface area contributed by atoms with Crippen molar-refractivity contribution < 1.29 is 14.3 Å². The Morgan fingerprint density at radius 1 is 1.17 bits per heavy atom. The van der Waals surface area contributed by atoms with Crippen LogP contribution in [-0.2, 0) is 9.53 Å². The van der Waals surface area contributed by atoms with E-state index in [4.69, 9.17) is 4.74 Å². The van der Waals surface area contributed by atoms with E-state index in [0.29, 0.717) is 13.0 Å².